The van der Waals surface area contributed by atoms with Gasteiger partial charge in [-0.1, -0.05) is 35.9 Å². The van der Waals surface area contributed by atoms with E-state index in [1.807, 2.05) is 24.0 Å². The van der Waals surface area contributed by atoms with Crippen molar-refractivity contribution in [1.29, 1.82) is 0 Å². The number of alkyl halides is 2. The van der Waals surface area contributed by atoms with E-state index in [0.29, 0.717) is 31.2 Å². The lowest BCUT2D eigenvalue weighted by molar-refractivity contribution is -0.0315. The summed E-state index contributed by atoms with van der Waals surface area (Å²) in [5, 5.41) is 0.650. The number of allylic oxidation sites excluding steroid dienone is 4. The highest BCUT2D eigenvalue weighted by atomic mass is 35.5. The van der Waals surface area contributed by atoms with Crippen LogP contribution in [0.4, 0.5) is 8.78 Å². The first kappa shape index (κ1) is 18.4. The summed E-state index contributed by atoms with van der Waals surface area (Å²) in [4.78, 5) is 3.73. The largest absolute Gasteiger partial charge is 0.368 e. The molecule has 7 heteroatoms. The molecule has 21 heavy (non-hydrogen) atoms. The van der Waals surface area contributed by atoms with Gasteiger partial charge in [0.15, 0.2) is 0 Å². The van der Waals surface area contributed by atoms with Gasteiger partial charge in [0.1, 0.15) is 0 Å². The lowest BCUT2D eigenvalue weighted by Gasteiger charge is -2.38. The number of halogens is 4. The summed E-state index contributed by atoms with van der Waals surface area (Å²) in [6, 6.07) is 0. The molecule has 0 spiro atoms. The number of nitrogens with zero attached hydrogens (tertiary/aromatic N) is 2. The Hall–Kier alpha value is -0.620. The van der Waals surface area contributed by atoms with Crippen LogP contribution in [-0.4, -0.2) is 55.0 Å². The highest BCUT2D eigenvalue weighted by Crippen LogP contribution is 2.26. The lowest BCUT2D eigenvalue weighted by atomic mass is 10.2. The molecule has 0 bridgehead atoms. The van der Waals surface area contributed by atoms with Gasteiger partial charge in [-0.2, -0.15) is 0 Å². The van der Waals surface area contributed by atoms with Crippen molar-refractivity contribution in [3.63, 3.8) is 0 Å². The summed E-state index contributed by atoms with van der Waals surface area (Å²) in [5.41, 5.74) is 5.83. The van der Waals surface area contributed by atoms with Gasteiger partial charge in [-0.25, -0.2) is 8.78 Å². The Balaban J connectivity index is 2.70. The van der Waals surface area contributed by atoms with Crippen molar-refractivity contribution in [2.24, 2.45) is 5.73 Å². The smallest absolute Gasteiger partial charge is 0.272 e. The van der Waals surface area contributed by atoms with Gasteiger partial charge in [-0.05, 0) is 13.0 Å². The molecule has 0 aromatic carbocycles. The van der Waals surface area contributed by atoms with E-state index in [1.54, 1.807) is 4.90 Å². The zero-order valence-electron chi connectivity index (χ0n) is 12.1. The van der Waals surface area contributed by atoms with Crippen molar-refractivity contribution >= 4 is 23.2 Å². The average Bonchev–Trinajstić information content (AvgIpc) is 2.44. The summed E-state index contributed by atoms with van der Waals surface area (Å²) in [5.74, 6) is -2.84. The fourth-order valence-electron chi connectivity index (χ4n) is 2.15. The van der Waals surface area contributed by atoms with E-state index in [2.05, 4.69) is 6.58 Å². The van der Waals surface area contributed by atoms with Crippen molar-refractivity contribution in [3.05, 3.63) is 34.5 Å². The minimum atomic E-state index is -2.84. The fourth-order valence-corrected chi connectivity index (χ4v) is 2.43. The Bertz CT molecular complexity index is 428. The Kier molecular flexibility index (Phi) is 7.13. The normalized spacial score (nSPS) is 19.0. The third-order valence-corrected chi connectivity index (χ3v) is 3.96. The second kappa shape index (κ2) is 8.13. The molecule has 1 aliphatic rings. The fraction of sp³-hybridized carbons (Fsp3) is 0.571. The summed E-state index contributed by atoms with van der Waals surface area (Å²) < 4.78 is 26.6. The van der Waals surface area contributed by atoms with Crippen molar-refractivity contribution in [2.75, 3.05) is 39.3 Å². The molecular weight excluding hydrogens is 319 g/mol. The number of hydrogen-bond acceptors (Lipinski definition) is 3. The Morgan fingerprint density at radius 2 is 1.86 bits per heavy atom. The molecule has 0 aromatic heterocycles. The van der Waals surface area contributed by atoms with Crippen LogP contribution in [0.1, 0.15) is 6.92 Å². The molecule has 0 aromatic rings. The van der Waals surface area contributed by atoms with E-state index in [4.69, 9.17) is 28.9 Å². The van der Waals surface area contributed by atoms with Gasteiger partial charge in [0.2, 0.25) is 0 Å². The third kappa shape index (κ3) is 5.58. The first-order chi connectivity index (χ1) is 9.80. The molecule has 0 radical (unpaired) electrons. The van der Waals surface area contributed by atoms with E-state index < -0.39 is 12.5 Å². The minimum absolute atomic E-state index is 0.266. The molecule has 1 saturated heterocycles. The molecule has 120 valence electrons. The second-order valence-corrected chi connectivity index (χ2v) is 5.76. The molecule has 0 aliphatic carbocycles. The molecular formula is C14H21Cl2F2N3. The zero-order valence-corrected chi connectivity index (χ0v) is 13.6. The van der Waals surface area contributed by atoms with E-state index >= 15 is 0 Å². The molecule has 2 N–H and O–H groups in total. The maximum Gasteiger partial charge on any atom is 0.272 e. The summed E-state index contributed by atoms with van der Waals surface area (Å²) in [7, 11) is 0. The number of rotatable bonds is 6. The first-order valence-corrected chi connectivity index (χ1v) is 7.48. The third-order valence-electron chi connectivity index (χ3n) is 3.25. The van der Waals surface area contributed by atoms with Crippen LogP contribution in [-0.2, 0) is 0 Å². The molecule has 1 fully saturated rings. The standard InChI is InChI=1S/C14H21Cl2F2N3/c1-3-4-12(13(16)11(2)15)21-7-5-20(6-8-21)10-14(17,18)9-19/h3-4H,2,5-10,19H2,1H3. The topological polar surface area (TPSA) is 32.5 Å². The molecule has 0 amide bonds. The van der Waals surface area contributed by atoms with Crippen LogP contribution >= 0.6 is 23.2 Å². The average molecular weight is 340 g/mol. The summed E-state index contributed by atoms with van der Waals surface area (Å²) in [6.45, 7) is 6.80. The van der Waals surface area contributed by atoms with E-state index in [1.165, 1.54) is 0 Å². The summed E-state index contributed by atoms with van der Waals surface area (Å²) in [6.07, 6.45) is 3.70. The van der Waals surface area contributed by atoms with E-state index in [9.17, 15) is 8.78 Å². The molecule has 0 atom stereocenters. The van der Waals surface area contributed by atoms with Crippen molar-refractivity contribution < 1.29 is 8.78 Å². The highest BCUT2D eigenvalue weighted by Gasteiger charge is 2.31. The van der Waals surface area contributed by atoms with Crippen LogP contribution in [0.25, 0.3) is 0 Å². The summed E-state index contributed by atoms with van der Waals surface area (Å²) >= 11 is 12.0. The molecule has 1 heterocycles. The monoisotopic (exact) mass is 339 g/mol. The highest BCUT2D eigenvalue weighted by molar-refractivity contribution is 6.44. The van der Waals surface area contributed by atoms with Crippen LogP contribution in [0.2, 0.25) is 0 Å². The second-order valence-electron chi connectivity index (χ2n) is 4.93. The van der Waals surface area contributed by atoms with Gasteiger partial charge in [0.05, 0.1) is 28.9 Å². The van der Waals surface area contributed by atoms with E-state index in [-0.39, 0.29) is 11.6 Å². The Morgan fingerprint density at radius 3 is 2.29 bits per heavy atom. The molecule has 0 saturated carbocycles. The maximum atomic E-state index is 13.3. The van der Waals surface area contributed by atoms with Crippen LogP contribution in [0.5, 0.6) is 0 Å². The van der Waals surface area contributed by atoms with Crippen molar-refractivity contribution in [2.45, 2.75) is 12.8 Å². The molecule has 3 nitrogen and oxygen atoms in total. The van der Waals surface area contributed by atoms with E-state index in [0.717, 1.165) is 5.70 Å². The number of nitrogens with two attached hydrogens (primary N) is 1. The molecule has 0 unspecified atom stereocenters. The van der Waals surface area contributed by atoms with Gasteiger partial charge >= 0.3 is 0 Å². The van der Waals surface area contributed by atoms with Crippen LogP contribution in [0.3, 0.4) is 0 Å². The predicted octanol–water partition coefficient (Wildman–Crippen LogP) is 2.98. The Morgan fingerprint density at radius 1 is 1.29 bits per heavy atom. The zero-order chi connectivity index (χ0) is 16.0. The lowest BCUT2D eigenvalue weighted by Crippen LogP contribution is -2.50. The van der Waals surface area contributed by atoms with Gasteiger partial charge in [0, 0.05) is 26.2 Å². The van der Waals surface area contributed by atoms with Gasteiger partial charge in [-0.3, -0.25) is 4.90 Å². The molecule has 1 aliphatic heterocycles. The van der Waals surface area contributed by atoms with Crippen LogP contribution < -0.4 is 5.73 Å². The minimum Gasteiger partial charge on any atom is -0.368 e. The van der Waals surface area contributed by atoms with Gasteiger partial charge < -0.3 is 10.6 Å². The number of piperazine rings is 1. The van der Waals surface area contributed by atoms with Crippen molar-refractivity contribution in [3.8, 4) is 0 Å². The van der Waals surface area contributed by atoms with Crippen LogP contribution in [0, 0.1) is 0 Å². The van der Waals surface area contributed by atoms with Crippen LogP contribution in [0.15, 0.2) is 34.5 Å². The first-order valence-electron chi connectivity index (χ1n) is 6.73. The number of hydrogen-bond donors (Lipinski definition) is 1. The van der Waals surface area contributed by atoms with Gasteiger partial charge in [-0.15, -0.1) is 0 Å². The molecule has 1 rings (SSSR count). The van der Waals surface area contributed by atoms with Gasteiger partial charge in [0.25, 0.3) is 5.92 Å². The van der Waals surface area contributed by atoms with Crippen molar-refractivity contribution in [1.82, 2.24) is 9.80 Å². The SMILES string of the molecule is C=C(Cl)C(Cl)=C(C=CC)N1CCN(CC(F)(F)CN)CC1. The predicted molar refractivity (Wildman–Crippen MR) is 84.7 cm³/mol. The Labute approximate surface area is 134 Å². The maximum absolute atomic E-state index is 13.3. The quantitative estimate of drug-likeness (QED) is 0.755.